The lowest BCUT2D eigenvalue weighted by Crippen LogP contribution is -2.39. The standard InChI is InChI=1S/C20H18F3N5O3S/c1-11-24-18(25-19(29)28(11)9-14-5-6-17(32-14)20(21,22)23)27-8-12-3-4-13(31-2)7-15(12)16(10-27)26-30/h3-7,30H,8-10H2,1-2H3. The molecule has 0 fully saturated rings. The van der Waals surface area contributed by atoms with Gasteiger partial charge in [0.25, 0.3) is 0 Å². The SMILES string of the molecule is COc1ccc2c(c1)C(=NO)CN(c1nc(C)n(Cc3ccc(C(F)(F)F)s3)c(=O)n1)C2. The van der Waals surface area contributed by atoms with E-state index in [1.54, 1.807) is 31.1 Å². The highest BCUT2D eigenvalue weighted by atomic mass is 32.1. The summed E-state index contributed by atoms with van der Waals surface area (Å²) in [5.74, 6) is 1.08. The first-order chi connectivity index (χ1) is 15.2. The number of aromatic nitrogens is 3. The van der Waals surface area contributed by atoms with Crippen LogP contribution in [0.2, 0.25) is 0 Å². The van der Waals surface area contributed by atoms with Crippen molar-refractivity contribution in [2.45, 2.75) is 26.2 Å². The molecule has 0 saturated heterocycles. The third-order valence-corrected chi connectivity index (χ3v) is 6.18. The molecule has 2 aromatic heterocycles. The number of rotatable bonds is 4. The number of ether oxygens (including phenoxy) is 1. The van der Waals surface area contributed by atoms with E-state index in [1.165, 1.54) is 10.6 Å². The molecule has 1 N–H and O–H groups in total. The molecule has 0 bridgehead atoms. The molecule has 1 aliphatic heterocycles. The number of thiophene rings is 1. The Morgan fingerprint density at radius 1 is 1.22 bits per heavy atom. The van der Waals surface area contributed by atoms with Crippen molar-refractivity contribution in [3.05, 3.63) is 67.5 Å². The molecule has 32 heavy (non-hydrogen) atoms. The maximum Gasteiger partial charge on any atom is 0.425 e. The van der Waals surface area contributed by atoms with Gasteiger partial charge in [0.05, 0.1) is 20.2 Å². The number of alkyl halides is 3. The lowest BCUT2D eigenvalue weighted by Gasteiger charge is -2.29. The fourth-order valence-electron chi connectivity index (χ4n) is 3.45. The summed E-state index contributed by atoms with van der Waals surface area (Å²) < 4.78 is 45.0. The smallest absolute Gasteiger partial charge is 0.425 e. The second-order valence-electron chi connectivity index (χ2n) is 7.13. The molecule has 8 nitrogen and oxygen atoms in total. The minimum absolute atomic E-state index is 0.0579. The quantitative estimate of drug-likeness (QED) is 0.470. The van der Waals surface area contributed by atoms with E-state index in [2.05, 4.69) is 15.1 Å². The van der Waals surface area contributed by atoms with Gasteiger partial charge in [0.2, 0.25) is 5.95 Å². The first kappa shape index (κ1) is 21.8. The number of aryl methyl sites for hydroxylation is 1. The van der Waals surface area contributed by atoms with Crippen LogP contribution in [0.1, 0.15) is 26.7 Å². The molecule has 0 aliphatic carbocycles. The van der Waals surface area contributed by atoms with Gasteiger partial charge in [-0.1, -0.05) is 11.2 Å². The largest absolute Gasteiger partial charge is 0.497 e. The molecule has 1 aliphatic rings. The van der Waals surface area contributed by atoms with Crippen LogP contribution < -0.4 is 15.3 Å². The van der Waals surface area contributed by atoms with E-state index in [0.717, 1.165) is 17.2 Å². The zero-order valence-corrected chi connectivity index (χ0v) is 17.9. The van der Waals surface area contributed by atoms with Crippen molar-refractivity contribution in [1.82, 2.24) is 14.5 Å². The molecule has 0 atom stereocenters. The summed E-state index contributed by atoms with van der Waals surface area (Å²) in [7, 11) is 1.54. The summed E-state index contributed by atoms with van der Waals surface area (Å²) in [4.78, 5) is 22.4. The second kappa shape index (κ2) is 8.26. The average Bonchev–Trinajstić information content (AvgIpc) is 3.24. The number of hydrogen-bond donors (Lipinski definition) is 1. The lowest BCUT2D eigenvalue weighted by molar-refractivity contribution is -0.134. The Hall–Kier alpha value is -3.41. The van der Waals surface area contributed by atoms with Gasteiger partial charge in [-0.05, 0) is 36.8 Å². The Bertz CT molecular complexity index is 1250. The third-order valence-electron chi connectivity index (χ3n) is 5.07. The zero-order chi connectivity index (χ0) is 23.0. The van der Waals surface area contributed by atoms with Crippen LogP contribution in [0.15, 0.2) is 40.3 Å². The Kier molecular flexibility index (Phi) is 5.63. The molecule has 0 unspecified atom stereocenters. The molecule has 0 radical (unpaired) electrons. The molecule has 1 aromatic carbocycles. The first-order valence-electron chi connectivity index (χ1n) is 9.44. The van der Waals surface area contributed by atoms with Gasteiger partial charge in [-0.25, -0.2) is 4.79 Å². The number of benzene rings is 1. The molecule has 3 heterocycles. The van der Waals surface area contributed by atoms with Gasteiger partial charge in [0.1, 0.15) is 22.2 Å². The van der Waals surface area contributed by atoms with E-state index < -0.39 is 16.7 Å². The van der Waals surface area contributed by atoms with Crippen molar-refractivity contribution in [2.24, 2.45) is 5.16 Å². The number of anilines is 1. The monoisotopic (exact) mass is 465 g/mol. The Morgan fingerprint density at radius 3 is 2.62 bits per heavy atom. The summed E-state index contributed by atoms with van der Waals surface area (Å²) in [5, 5.41) is 12.8. The van der Waals surface area contributed by atoms with Gasteiger partial charge in [-0.3, -0.25) is 4.57 Å². The Morgan fingerprint density at radius 2 is 2.00 bits per heavy atom. The highest BCUT2D eigenvalue weighted by molar-refractivity contribution is 7.12. The van der Waals surface area contributed by atoms with E-state index in [4.69, 9.17) is 4.74 Å². The predicted molar refractivity (Wildman–Crippen MR) is 112 cm³/mol. The molecular weight excluding hydrogens is 447 g/mol. The van der Waals surface area contributed by atoms with Gasteiger partial charge in [-0.2, -0.15) is 23.1 Å². The number of oxime groups is 1. The second-order valence-corrected chi connectivity index (χ2v) is 8.30. The zero-order valence-electron chi connectivity index (χ0n) is 17.0. The molecule has 4 rings (SSSR count). The van der Waals surface area contributed by atoms with Crippen LogP contribution in [-0.2, 0) is 19.3 Å². The predicted octanol–water partition coefficient (Wildman–Crippen LogP) is 3.28. The van der Waals surface area contributed by atoms with Crippen molar-refractivity contribution < 1.29 is 23.1 Å². The summed E-state index contributed by atoms with van der Waals surface area (Å²) in [6.07, 6.45) is -4.43. The fraction of sp³-hybridized carbons (Fsp3) is 0.300. The van der Waals surface area contributed by atoms with Crippen LogP contribution in [0.3, 0.4) is 0 Å². The summed E-state index contributed by atoms with van der Waals surface area (Å²) in [6, 6.07) is 7.70. The highest BCUT2D eigenvalue weighted by Crippen LogP contribution is 2.34. The average molecular weight is 465 g/mol. The van der Waals surface area contributed by atoms with Crippen molar-refractivity contribution in [1.29, 1.82) is 0 Å². The topological polar surface area (TPSA) is 92.8 Å². The number of halogens is 3. The van der Waals surface area contributed by atoms with E-state index >= 15 is 0 Å². The molecule has 0 amide bonds. The number of methoxy groups -OCH3 is 1. The molecule has 0 saturated carbocycles. The number of nitrogens with zero attached hydrogens (tertiary/aromatic N) is 5. The van der Waals surface area contributed by atoms with Crippen molar-refractivity contribution >= 4 is 23.0 Å². The maximum atomic E-state index is 12.8. The Balaban J connectivity index is 1.62. The summed E-state index contributed by atoms with van der Waals surface area (Å²) in [5.41, 5.74) is 1.31. The summed E-state index contributed by atoms with van der Waals surface area (Å²) in [6.45, 7) is 2.08. The van der Waals surface area contributed by atoms with Crippen LogP contribution in [0.5, 0.6) is 5.75 Å². The third kappa shape index (κ3) is 4.17. The number of fused-ring (bicyclic) bond motifs is 1. The first-order valence-corrected chi connectivity index (χ1v) is 10.3. The van der Waals surface area contributed by atoms with Crippen LogP contribution in [0.25, 0.3) is 0 Å². The van der Waals surface area contributed by atoms with Gasteiger partial charge in [0, 0.05) is 17.0 Å². The molecule has 12 heteroatoms. The van der Waals surface area contributed by atoms with Gasteiger partial charge >= 0.3 is 11.9 Å². The lowest BCUT2D eigenvalue weighted by atomic mass is 9.98. The normalized spacial score (nSPS) is 15.2. The van der Waals surface area contributed by atoms with Crippen LogP contribution in [0, 0.1) is 6.92 Å². The van der Waals surface area contributed by atoms with Crippen LogP contribution >= 0.6 is 11.3 Å². The minimum atomic E-state index is -4.43. The van der Waals surface area contributed by atoms with Gasteiger partial charge < -0.3 is 14.8 Å². The fourth-order valence-corrected chi connectivity index (χ4v) is 4.32. The molecule has 0 spiro atoms. The van der Waals surface area contributed by atoms with Gasteiger partial charge in [0.15, 0.2) is 0 Å². The maximum absolute atomic E-state index is 12.8. The van der Waals surface area contributed by atoms with Crippen LogP contribution in [-0.4, -0.2) is 39.1 Å². The Labute approximate surface area is 184 Å². The van der Waals surface area contributed by atoms with E-state index in [0.29, 0.717) is 40.0 Å². The van der Waals surface area contributed by atoms with Crippen LogP contribution in [0.4, 0.5) is 19.1 Å². The molecule has 3 aromatic rings. The van der Waals surface area contributed by atoms with Gasteiger partial charge in [-0.15, -0.1) is 11.3 Å². The number of hydrogen-bond acceptors (Lipinski definition) is 8. The van der Waals surface area contributed by atoms with Crippen molar-refractivity contribution in [3.8, 4) is 5.75 Å². The molecular formula is C20H18F3N5O3S. The summed E-state index contributed by atoms with van der Waals surface area (Å²) >= 11 is 0.578. The van der Waals surface area contributed by atoms with E-state index in [1.807, 2.05) is 6.07 Å². The van der Waals surface area contributed by atoms with E-state index in [9.17, 15) is 23.2 Å². The molecule has 168 valence electrons. The van der Waals surface area contributed by atoms with E-state index in [-0.39, 0.29) is 19.0 Å². The highest BCUT2D eigenvalue weighted by Gasteiger charge is 2.32. The minimum Gasteiger partial charge on any atom is -0.497 e. The van der Waals surface area contributed by atoms with Crippen molar-refractivity contribution in [3.63, 3.8) is 0 Å². The van der Waals surface area contributed by atoms with Crippen molar-refractivity contribution in [2.75, 3.05) is 18.6 Å².